The van der Waals surface area contributed by atoms with E-state index in [-0.39, 0.29) is 11.0 Å². The molecule has 0 unspecified atom stereocenters. The van der Waals surface area contributed by atoms with Crippen molar-refractivity contribution in [2.45, 2.75) is 102 Å². The highest BCUT2D eigenvalue weighted by Gasteiger charge is 2.80. The van der Waals surface area contributed by atoms with Crippen molar-refractivity contribution in [3.8, 4) is 0 Å². The van der Waals surface area contributed by atoms with Crippen molar-refractivity contribution in [3.05, 3.63) is 24.2 Å². The summed E-state index contributed by atoms with van der Waals surface area (Å²) in [5.41, 5.74) is 2.33. The monoisotopic (exact) mass is 453 g/mol. The summed E-state index contributed by atoms with van der Waals surface area (Å²) in [7, 11) is 0. The van der Waals surface area contributed by atoms with E-state index in [1.165, 1.54) is 82.9 Å². The van der Waals surface area contributed by atoms with Crippen LogP contribution in [0.25, 0.3) is 0 Å². The molecule has 0 N–H and O–H groups in total. The van der Waals surface area contributed by atoms with Gasteiger partial charge in [-0.15, -0.1) is 0 Å². The zero-order valence-corrected chi connectivity index (χ0v) is 20.8. The summed E-state index contributed by atoms with van der Waals surface area (Å²) in [5.74, 6) is 3.05. The van der Waals surface area contributed by atoms with Gasteiger partial charge in [-0.05, 0) is 118 Å². The van der Waals surface area contributed by atoms with Crippen molar-refractivity contribution in [3.63, 3.8) is 0 Å². The summed E-state index contributed by atoms with van der Waals surface area (Å²) < 4.78 is 18.7. The topological polar surface area (TPSA) is 38.1 Å². The highest BCUT2D eigenvalue weighted by molar-refractivity contribution is 5.35. The number of rotatable bonds is 5. The van der Waals surface area contributed by atoms with Crippen LogP contribution < -0.4 is 0 Å². The first-order valence-electron chi connectivity index (χ1n) is 14.1. The minimum Gasteiger partial charge on any atom is -0.472 e. The van der Waals surface area contributed by atoms with E-state index >= 15 is 0 Å². The van der Waals surface area contributed by atoms with Crippen molar-refractivity contribution in [1.29, 1.82) is 0 Å². The smallest absolute Gasteiger partial charge is 0.104 e. The maximum absolute atomic E-state index is 6.73. The molecule has 182 valence electrons. The molecule has 3 heterocycles. The summed E-state index contributed by atoms with van der Waals surface area (Å²) in [5, 5.41) is 0. The molecule has 6 aliphatic rings. The summed E-state index contributed by atoms with van der Waals surface area (Å²) >= 11 is 0. The third kappa shape index (κ3) is 2.99. The van der Waals surface area contributed by atoms with Crippen LogP contribution in [0.4, 0.5) is 0 Å². The summed E-state index contributed by atoms with van der Waals surface area (Å²) in [6.45, 7) is 9.86. The molecule has 33 heavy (non-hydrogen) atoms. The second kappa shape index (κ2) is 7.58. The zero-order chi connectivity index (χ0) is 22.3. The fraction of sp³-hybridized carbons (Fsp3) is 0.862. The molecule has 7 rings (SSSR count). The first kappa shape index (κ1) is 21.4. The summed E-state index contributed by atoms with van der Waals surface area (Å²) in [6, 6.07) is 2.21. The second-order valence-corrected chi connectivity index (χ2v) is 13.0. The van der Waals surface area contributed by atoms with Gasteiger partial charge in [-0.25, -0.2) is 0 Å². The van der Waals surface area contributed by atoms with E-state index in [1.807, 2.05) is 12.5 Å². The Kier molecular flexibility index (Phi) is 4.92. The Morgan fingerprint density at radius 1 is 1.03 bits per heavy atom. The van der Waals surface area contributed by atoms with Crippen molar-refractivity contribution in [1.82, 2.24) is 4.90 Å². The lowest BCUT2D eigenvalue weighted by molar-refractivity contribution is -0.145. The van der Waals surface area contributed by atoms with Gasteiger partial charge in [0.1, 0.15) is 5.60 Å². The second-order valence-electron chi connectivity index (χ2n) is 13.0. The van der Waals surface area contributed by atoms with Crippen LogP contribution in [0.5, 0.6) is 0 Å². The quantitative estimate of drug-likeness (QED) is 0.511. The molecule has 2 aliphatic heterocycles. The van der Waals surface area contributed by atoms with E-state index in [0.717, 1.165) is 30.9 Å². The normalized spacial score (nSPS) is 51.0. The number of ether oxygens (including phenoxy) is 2. The van der Waals surface area contributed by atoms with Gasteiger partial charge in [-0.3, -0.25) is 0 Å². The number of hydrogen-bond donors (Lipinski definition) is 0. The van der Waals surface area contributed by atoms with Crippen LogP contribution >= 0.6 is 0 Å². The van der Waals surface area contributed by atoms with Gasteiger partial charge in [0, 0.05) is 12.0 Å². The molecule has 6 fully saturated rings. The molecule has 2 saturated heterocycles. The van der Waals surface area contributed by atoms with Crippen LogP contribution in [0.3, 0.4) is 0 Å². The number of nitrogens with zero attached hydrogens (tertiary/aromatic N) is 1. The van der Waals surface area contributed by atoms with E-state index in [4.69, 9.17) is 13.9 Å². The molecule has 4 aliphatic carbocycles. The van der Waals surface area contributed by atoms with Crippen molar-refractivity contribution in [2.24, 2.45) is 28.6 Å². The van der Waals surface area contributed by atoms with Crippen LogP contribution in [-0.2, 0) is 9.47 Å². The molecular weight excluding hydrogens is 410 g/mol. The minimum atomic E-state index is 0.148. The lowest BCUT2D eigenvalue weighted by Gasteiger charge is -2.61. The van der Waals surface area contributed by atoms with Gasteiger partial charge in [-0.1, -0.05) is 13.8 Å². The molecule has 9 atom stereocenters. The Labute approximate surface area is 199 Å². The number of epoxide rings is 1. The zero-order valence-electron chi connectivity index (χ0n) is 20.8. The summed E-state index contributed by atoms with van der Waals surface area (Å²) in [6.07, 6.45) is 18.2. The van der Waals surface area contributed by atoms with Crippen molar-refractivity contribution >= 4 is 0 Å². The first-order chi connectivity index (χ1) is 16.0. The average Bonchev–Trinajstić information content (AvgIpc) is 3.23. The number of furan rings is 1. The molecule has 4 nitrogen and oxygen atoms in total. The lowest BCUT2D eigenvalue weighted by Crippen LogP contribution is -2.58. The molecular formula is C29H43NO3. The van der Waals surface area contributed by atoms with Crippen molar-refractivity contribution < 1.29 is 13.9 Å². The van der Waals surface area contributed by atoms with Crippen LogP contribution in [0.15, 0.2) is 23.0 Å². The van der Waals surface area contributed by atoms with Crippen molar-refractivity contribution in [2.75, 3.05) is 26.2 Å². The minimum absolute atomic E-state index is 0.148. The predicted octanol–water partition coefficient (Wildman–Crippen LogP) is 6.02. The Bertz CT molecular complexity index is 864. The molecule has 1 aromatic rings. The van der Waals surface area contributed by atoms with E-state index in [0.29, 0.717) is 23.5 Å². The van der Waals surface area contributed by atoms with Gasteiger partial charge in [-0.2, -0.15) is 0 Å². The van der Waals surface area contributed by atoms with Gasteiger partial charge in [0.05, 0.1) is 31.3 Å². The molecule has 4 heteroatoms. The Morgan fingerprint density at radius 2 is 1.91 bits per heavy atom. The van der Waals surface area contributed by atoms with Crippen LogP contribution in [0, 0.1) is 28.6 Å². The third-order valence-corrected chi connectivity index (χ3v) is 11.9. The molecule has 0 aromatic carbocycles. The Balaban J connectivity index is 1.05. The number of hydrogen-bond acceptors (Lipinski definition) is 4. The molecule has 0 amide bonds. The van der Waals surface area contributed by atoms with E-state index in [2.05, 4.69) is 24.8 Å². The van der Waals surface area contributed by atoms with Gasteiger partial charge < -0.3 is 18.8 Å². The maximum atomic E-state index is 6.73. The highest BCUT2D eigenvalue weighted by Crippen LogP contribution is 2.78. The van der Waals surface area contributed by atoms with Crippen LogP contribution in [-0.4, -0.2) is 49.0 Å². The third-order valence-electron chi connectivity index (χ3n) is 11.9. The van der Waals surface area contributed by atoms with Crippen LogP contribution in [0.1, 0.15) is 89.5 Å². The molecule has 4 saturated carbocycles. The van der Waals surface area contributed by atoms with Gasteiger partial charge in [0.2, 0.25) is 0 Å². The van der Waals surface area contributed by atoms with Gasteiger partial charge >= 0.3 is 0 Å². The fourth-order valence-electron chi connectivity index (χ4n) is 10.1. The standard InChI is InChI=1S/C29H43NO3/c1-27-10-7-22(32-16-14-30-12-3-4-13-30)17-21(27)5-6-24-23(27)8-11-28(2)25(20-9-15-31-19-20)18-26-29(24,28)33-26/h9,15,19,21-26H,3-8,10-14,16-18H2,1-2H3/t21-,22+,23+,24-,25-,26+,27+,28-,29+/m1/s1. The highest BCUT2D eigenvalue weighted by atomic mass is 16.6. The Morgan fingerprint density at radius 3 is 2.73 bits per heavy atom. The Hall–Kier alpha value is -0.840. The SMILES string of the molecule is C[C@]12CC[C@H](OCCN3CCCC3)C[C@H]1CC[C@@H]1[C@@H]2CC[C@]2(C)[C@@H](c3ccoc3)C[C@@H]3O[C@]312. The molecule has 1 spiro atoms. The summed E-state index contributed by atoms with van der Waals surface area (Å²) in [4.78, 5) is 2.58. The van der Waals surface area contributed by atoms with Gasteiger partial charge in [0.15, 0.2) is 0 Å². The van der Waals surface area contributed by atoms with E-state index in [1.54, 1.807) is 0 Å². The lowest BCUT2D eigenvalue weighted by atomic mass is 9.44. The largest absolute Gasteiger partial charge is 0.472 e. The molecule has 0 radical (unpaired) electrons. The average molecular weight is 454 g/mol. The van der Waals surface area contributed by atoms with Crippen LogP contribution in [0.2, 0.25) is 0 Å². The molecule has 1 aromatic heterocycles. The molecule has 0 bridgehead atoms. The number of likely N-dealkylation sites (tertiary alicyclic amines) is 1. The maximum Gasteiger partial charge on any atom is 0.104 e. The van der Waals surface area contributed by atoms with Gasteiger partial charge in [0.25, 0.3) is 0 Å². The fourth-order valence-corrected chi connectivity index (χ4v) is 10.1. The first-order valence-corrected chi connectivity index (χ1v) is 14.1. The predicted molar refractivity (Wildman–Crippen MR) is 128 cm³/mol. The van der Waals surface area contributed by atoms with E-state index < -0.39 is 0 Å². The number of fused-ring (bicyclic) bond motifs is 3. The van der Waals surface area contributed by atoms with E-state index in [9.17, 15) is 0 Å².